The van der Waals surface area contributed by atoms with Gasteiger partial charge in [0.05, 0.1) is 19.3 Å². The first-order chi connectivity index (χ1) is 15.0. The molecule has 0 spiro atoms. The lowest BCUT2D eigenvalue weighted by Crippen LogP contribution is -2.37. The van der Waals surface area contributed by atoms with Crippen LogP contribution in [-0.2, 0) is 0 Å². The molecule has 0 N–H and O–H groups in total. The molecule has 2 aromatic carbocycles. The Morgan fingerprint density at radius 1 is 0.968 bits per heavy atom. The van der Waals surface area contributed by atoms with E-state index in [4.69, 9.17) is 9.47 Å². The van der Waals surface area contributed by atoms with Crippen LogP contribution < -0.4 is 9.47 Å². The van der Waals surface area contributed by atoms with Crippen molar-refractivity contribution >= 4 is 11.8 Å². The van der Waals surface area contributed by atoms with E-state index in [0.717, 1.165) is 12.8 Å². The molecular formula is C24H29FN2O4. The third kappa shape index (κ3) is 5.54. The van der Waals surface area contributed by atoms with E-state index in [-0.39, 0.29) is 17.4 Å². The van der Waals surface area contributed by atoms with E-state index < -0.39 is 5.82 Å². The van der Waals surface area contributed by atoms with Crippen molar-refractivity contribution in [3.8, 4) is 11.5 Å². The smallest absolute Gasteiger partial charge is 0.256 e. The maximum absolute atomic E-state index is 14.0. The van der Waals surface area contributed by atoms with E-state index >= 15 is 0 Å². The van der Waals surface area contributed by atoms with Gasteiger partial charge in [0.2, 0.25) is 0 Å². The van der Waals surface area contributed by atoms with Gasteiger partial charge in [0.1, 0.15) is 5.82 Å². The zero-order chi connectivity index (χ0) is 22.2. The van der Waals surface area contributed by atoms with Crippen LogP contribution in [0.1, 0.15) is 46.9 Å². The highest BCUT2D eigenvalue weighted by Crippen LogP contribution is 2.29. The zero-order valence-corrected chi connectivity index (χ0v) is 18.1. The molecule has 1 aliphatic heterocycles. The molecule has 1 aliphatic rings. The highest BCUT2D eigenvalue weighted by molar-refractivity contribution is 5.96. The number of ether oxygens (including phenoxy) is 2. The molecule has 166 valence electrons. The van der Waals surface area contributed by atoms with Crippen LogP contribution in [0, 0.1) is 5.82 Å². The summed E-state index contributed by atoms with van der Waals surface area (Å²) in [7, 11) is 1.55. The van der Waals surface area contributed by atoms with Gasteiger partial charge >= 0.3 is 0 Å². The molecule has 0 aliphatic carbocycles. The van der Waals surface area contributed by atoms with E-state index in [1.165, 1.54) is 12.1 Å². The number of unbranched alkanes of at least 4 members (excludes halogenated alkanes) is 1. The number of hydrogen-bond donors (Lipinski definition) is 0. The van der Waals surface area contributed by atoms with Crippen molar-refractivity contribution in [3.05, 3.63) is 59.4 Å². The second kappa shape index (κ2) is 10.8. The molecule has 0 radical (unpaired) electrons. The molecule has 1 heterocycles. The van der Waals surface area contributed by atoms with Gasteiger partial charge in [-0.3, -0.25) is 9.59 Å². The van der Waals surface area contributed by atoms with Crippen molar-refractivity contribution in [1.82, 2.24) is 9.80 Å². The van der Waals surface area contributed by atoms with Gasteiger partial charge in [0, 0.05) is 31.7 Å². The Morgan fingerprint density at radius 3 is 2.35 bits per heavy atom. The first-order valence-corrected chi connectivity index (χ1v) is 10.7. The van der Waals surface area contributed by atoms with Gasteiger partial charge in [-0.25, -0.2) is 4.39 Å². The average Bonchev–Trinajstić information content (AvgIpc) is 3.05. The fourth-order valence-corrected chi connectivity index (χ4v) is 3.56. The van der Waals surface area contributed by atoms with Crippen LogP contribution in [-0.4, -0.2) is 61.5 Å². The summed E-state index contributed by atoms with van der Waals surface area (Å²) in [5.41, 5.74) is 0.569. The summed E-state index contributed by atoms with van der Waals surface area (Å²) in [6, 6.07) is 11.2. The predicted octanol–water partition coefficient (Wildman–Crippen LogP) is 4.00. The molecule has 1 saturated heterocycles. The molecule has 0 atom stereocenters. The molecular weight excluding hydrogens is 399 g/mol. The van der Waals surface area contributed by atoms with Crippen molar-refractivity contribution in [3.63, 3.8) is 0 Å². The number of hydrogen-bond acceptors (Lipinski definition) is 4. The molecule has 31 heavy (non-hydrogen) atoms. The van der Waals surface area contributed by atoms with Gasteiger partial charge in [-0.1, -0.05) is 25.5 Å². The fraction of sp³-hybridized carbons (Fsp3) is 0.417. The van der Waals surface area contributed by atoms with Gasteiger partial charge in [0.15, 0.2) is 11.5 Å². The second-order valence-corrected chi connectivity index (χ2v) is 7.49. The van der Waals surface area contributed by atoms with Crippen LogP contribution in [0.3, 0.4) is 0 Å². The quantitative estimate of drug-likeness (QED) is 0.626. The Bertz CT molecular complexity index is 918. The minimum atomic E-state index is -0.530. The Labute approximate surface area is 182 Å². The summed E-state index contributed by atoms with van der Waals surface area (Å²) in [6.07, 6.45) is 2.60. The minimum absolute atomic E-state index is 0.0608. The largest absolute Gasteiger partial charge is 0.493 e. The van der Waals surface area contributed by atoms with Crippen LogP contribution >= 0.6 is 0 Å². The molecule has 2 aromatic rings. The van der Waals surface area contributed by atoms with Crippen molar-refractivity contribution in [2.75, 3.05) is 39.9 Å². The fourth-order valence-electron chi connectivity index (χ4n) is 3.56. The van der Waals surface area contributed by atoms with Crippen molar-refractivity contribution in [1.29, 1.82) is 0 Å². The molecule has 1 fully saturated rings. The van der Waals surface area contributed by atoms with Crippen LogP contribution in [0.2, 0.25) is 0 Å². The van der Waals surface area contributed by atoms with Crippen molar-refractivity contribution in [2.45, 2.75) is 26.2 Å². The number of halogens is 1. The minimum Gasteiger partial charge on any atom is -0.493 e. The summed E-state index contributed by atoms with van der Waals surface area (Å²) in [5.74, 6) is 0.137. The maximum Gasteiger partial charge on any atom is 0.256 e. The van der Waals surface area contributed by atoms with Crippen LogP contribution in [0.25, 0.3) is 0 Å². The van der Waals surface area contributed by atoms with E-state index in [2.05, 4.69) is 6.92 Å². The third-order valence-corrected chi connectivity index (χ3v) is 5.34. The predicted molar refractivity (Wildman–Crippen MR) is 116 cm³/mol. The van der Waals surface area contributed by atoms with E-state index in [1.54, 1.807) is 47.2 Å². The first kappa shape index (κ1) is 22.6. The summed E-state index contributed by atoms with van der Waals surface area (Å²) >= 11 is 0. The highest BCUT2D eigenvalue weighted by Gasteiger charge is 2.25. The van der Waals surface area contributed by atoms with Crippen LogP contribution in [0.4, 0.5) is 4.39 Å². The second-order valence-electron chi connectivity index (χ2n) is 7.49. The standard InChI is InChI=1S/C24H29FN2O4/c1-3-4-16-31-21-11-10-18(17-22(21)30-2)23(28)26-12-7-13-27(15-14-26)24(29)19-8-5-6-9-20(19)25/h5-6,8-11,17H,3-4,7,12-16H2,1-2H3. The Morgan fingerprint density at radius 2 is 1.68 bits per heavy atom. The molecule has 7 heteroatoms. The maximum atomic E-state index is 14.0. The Hall–Kier alpha value is -3.09. The molecule has 0 aromatic heterocycles. The topological polar surface area (TPSA) is 59.1 Å². The molecule has 6 nitrogen and oxygen atoms in total. The van der Waals surface area contributed by atoms with Gasteiger partial charge in [-0.05, 0) is 43.2 Å². The van der Waals surface area contributed by atoms with E-state index in [0.29, 0.717) is 56.3 Å². The zero-order valence-electron chi connectivity index (χ0n) is 18.1. The first-order valence-electron chi connectivity index (χ1n) is 10.7. The lowest BCUT2D eigenvalue weighted by molar-refractivity contribution is 0.0716. The number of amides is 2. The monoisotopic (exact) mass is 428 g/mol. The lowest BCUT2D eigenvalue weighted by atomic mass is 10.1. The van der Waals surface area contributed by atoms with Gasteiger partial charge in [-0.2, -0.15) is 0 Å². The van der Waals surface area contributed by atoms with E-state index in [9.17, 15) is 14.0 Å². The van der Waals surface area contributed by atoms with Crippen molar-refractivity contribution < 1.29 is 23.5 Å². The van der Waals surface area contributed by atoms with Crippen LogP contribution in [0.15, 0.2) is 42.5 Å². The number of nitrogens with zero attached hydrogens (tertiary/aromatic N) is 2. The lowest BCUT2D eigenvalue weighted by Gasteiger charge is -2.23. The number of carbonyl (C=O) groups excluding carboxylic acids is 2. The SMILES string of the molecule is CCCCOc1ccc(C(=O)N2CCCN(C(=O)c3ccccc3F)CC2)cc1OC. The highest BCUT2D eigenvalue weighted by atomic mass is 19.1. The number of rotatable bonds is 7. The normalized spacial score (nSPS) is 14.2. The van der Waals surface area contributed by atoms with Crippen molar-refractivity contribution in [2.24, 2.45) is 0 Å². The molecule has 2 amide bonds. The summed E-state index contributed by atoms with van der Waals surface area (Å²) in [5, 5.41) is 0. The van der Waals surface area contributed by atoms with Crippen LogP contribution in [0.5, 0.6) is 11.5 Å². The summed E-state index contributed by atoms with van der Waals surface area (Å²) in [6.45, 7) is 4.43. The summed E-state index contributed by atoms with van der Waals surface area (Å²) in [4.78, 5) is 29.1. The Kier molecular flexibility index (Phi) is 7.87. The van der Waals surface area contributed by atoms with Gasteiger partial charge in [0.25, 0.3) is 11.8 Å². The molecule has 3 rings (SSSR count). The number of benzene rings is 2. The third-order valence-electron chi connectivity index (χ3n) is 5.34. The molecule has 0 unspecified atom stereocenters. The van der Waals surface area contributed by atoms with E-state index in [1.807, 2.05) is 0 Å². The number of carbonyl (C=O) groups is 2. The van der Waals surface area contributed by atoms with Gasteiger partial charge < -0.3 is 19.3 Å². The molecule has 0 saturated carbocycles. The summed E-state index contributed by atoms with van der Waals surface area (Å²) < 4.78 is 25.1. The Balaban J connectivity index is 1.66. The van der Waals surface area contributed by atoms with Gasteiger partial charge in [-0.15, -0.1) is 0 Å². The number of methoxy groups -OCH3 is 1. The molecule has 0 bridgehead atoms. The average molecular weight is 429 g/mol.